The number of primary sulfonamides is 1. The number of rotatable bonds is 4. The predicted octanol–water partition coefficient (Wildman–Crippen LogP) is 2.60. The van der Waals surface area contributed by atoms with Gasteiger partial charge in [-0.2, -0.15) is 0 Å². The fourth-order valence-electron chi connectivity index (χ4n) is 2.05. The molecular formula is C14H18N2O3S2. The molecular weight excluding hydrogens is 308 g/mol. The Morgan fingerprint density at radius 3 is 2.43 bits per heavy atom. The van der Waals surface area contributed by atoms with Crippen LogP contribution in [0.5, 0.6) is 5.75 Å². The van der Waals surface area contributed by atoms with Crippen LogP contribution in [0.1, 0.15) is 26.7 Å². The highest BCUT2D eigenvalue weighted by molar-refractivity contribution is 7.89. The van der Waals surface area contributed by atoms with Crippen molar-refractivity contribution in [1.82, 2.24) is 4.98 Å². The van der Waals surface area contributed by atoms with E-state index in [1.807, 2.05) is 26.8 Å². The van der Waals surface area contributed by atoms with Gasteiger partial charge in [0.05, 0.1) is 5.69 Å². The van der Waals surface area contributed by atoms with E-state index in [4.69, 9.17) is 9.88 Å². The standard InChI is InChI=1S/C14H18N2O3S2/c1-8-5-9(2)14(12(6-8)21(15,17)18)19-7-13-16-10(3)11(4)20-13/h5-6H,7H2,1-4H3,(H2,15,17,18). The molecule has 2 N–H and O–H groups in total. The maximum Gasteiger partial charge on any atom is 0.241 e. The quantitative estimate of drug-likeness (QED) is 0.936. The van der Waals surface area contributed by atoms with Crippen LogP contribution in [0, 0.1) is 27.7 Å². The molecule has 114 valence electrons. The van der Waals surface area contributed by atoms with Crippen molar-refractivity contribution in [3.63, 3.8) is 0 Å². The third-order valence-corrected chi connectivity index (χ3v) is 5.07. The van der Waals surface area contributed by atoms with Gasteiger partial charge in [-0.05, 0) is 44.9 Å². The number of hydrogen-bond acceptors (Lipinski definition) is 5. The molecule has 0 atom stereocenters. The first-order chi connectivity index (χ1) is 9.68. The normalized spacial score (nSPS) is 11.7. The molecule has 1 aromatic heterocycles. The second kappa shape index (κ2) is 5.75. The average Bonchev–Trinajstić information content (AvgIpc) is 2.65. The van der Waals surface area contributed by atoms with Gasteiger partial charge in [0.2, 0.25) is 10.0 Å². The zero-order valence-corrected chi connectivity index (χ0v) is 14.1. The monoisotopic (exact) mass is 326 g/mol. The van der Waals surface area contributed by atoms with E-state index in [1.165, 1.54) is 17.4 Å². The van der Waals surface area contributed by atoms with Crippen LogP contribution in [0.2, 0.25) is 0 Å². The van der Waals surface area contributed by atoms with Crippen molar-refractivity contribution in [2.75, 3.05) is 0 Å². The SMILES string of the molecule is Cc1cc(C)c(OCc2nc(C)c(C)s2)c(S(N)(=O)=O)c1. The van der Waals surface area contributed by atoms with Crippen LogP contribution in [-0.2, 0) is 16.6 Å². The molecule has 2 rings (SSSR count). The summed E-state index contributed by atoms with van der Waals surface area (Å²) in [6, 6.07) is 3.39. The zero-order valence-electron chi connectivity index (χ0n) is 12.4. The van der Waals surface area contributed by atoms with E-state index in [9.17, 15) is 8.42 Å². The summed E-state index contributed by atoms with van der Waals surface area (Å²) in [5.74, 6) is 0.300. The van der Waals surface area contributed by atoms with Gasteiger partial charge in [0.1, 0.15) is 22.3 Å². The Morgan fingerprint density at radius 1 is 1.24 bits per heavy atom. The molecule has 0 saturated heterocycles. The molecule has 0 saturated carbocycles. The summed E-state index contributed by atoms with van der Waals surface area (Å²) in [4.78, 5) is 5.52. The summed E-state index contributed by atoms with van der Waals surface area (Å²) in [6.45, 7) is 7.77. The first-order valence-electron chi connectivity index (χ1n) is 6.38. The highest BCUT2D eigenvalue weighted by atomic mass is 32.2. The van der Waals surface area contributed by atoms with Crippen molar-refractivity contribution >= 4 is 21.4 Å². The number of aromatic nitrogens is 1. The molecule has 1 aromatic carbocycles. The number of ether oxygens (including phenoxy) is 1. The summed E-state index contributed by atoms with van der Waals surface area (Å²) in [5, 5.41) is 6.08. The van der Waals surface area contributed by atoms with Gasteiger partial charge in [-0.25, -0.2) is 18.5 Å². The summed E-state index contributed by atoms with van der Waals surface area (Å²) in [5.41, 5.74) is 2.53. The van der Waals surface area contributed by atoms with Crippen molar-refractivity contribution in [1.29, 1.82) is 0 Å². The smallest absolute Gasteiger partial charge is 0.241 e. The topological polar surface area (TPSA) is 82.3 Å². The lowest BCUT2D eigenvalue weighted by Gasteiger charge is -2.13. The van der Waals surface area contributed by atoms with E-state index in [0.29, 0.717) is 5.75 Å². The van der Waals surface area contributed by atoms with E-state index < -0.39 is 10.0 Å². The molecule has 7 heteroatoms. The number of sulfonamides is 1. The molecule has 0 bridgehead atoms. The third-order valence-electron chi connectivity index (χ3n) is 3.10. The van der Waals surface area contributed by atoms with Gasteiger partial charge in [-0.15, -0.1) is 11.3 Å². The second-order valence-corrected chi connectivity index (χ2v) is 7.81. The van der Waals surface area contributed by atoms with E-state index in [0.717, 1.165) is 26.7 Å². The summed E-state index contributed by atoms with van der Waals surface area (Å²) in [6.07, 6.45) is 0. The first-order valence-corrected chi connectivity index (χ1v) is 8.74. The van der Waals surface area contributed by atoms with Gasteiger partial charge < -0.3 is 4.74 Å². The molecule has 1 heterocycles. The van der Waals surface area contributed by atoms with Gasteiger partial charge in [-0.3, -0.25) is 0 Å². The molecule has 0 fully saturated rings. The van der Waals surface area contributed by atoms with Crippen molar-refractivity contribution in [3.8, 4) is 5.75 Å². The fraction of sp³-hybridized carbons (Fsp3) is 0.357. The number of thiazole rings is 1. The van der Waals surface area contributed by atoms with Crippen LogP contribution < -0.4 is 9.88 Å². The molecule has 0 aliphatic rings. The van der Waals surface area contributed by atoms with Gasteiger partial charge >= 0.3 is 0 Å². The van der Waals surface area contributed by atoms with E-state index in [-0.39, 0.29) is 11.5 Å². The van der Waals surface area contributed by atoms with Crippen LogP contribution in [0.4, 0.5) is 0 Å². The molecule has 21 heavy (non-hydrogen) atoms. The lowest BCUT2D eigenvalue weighted by atomic mass is 10.1. The Bertz CT molecular complexity index is 760. The molecule has 0 unspecified atom stereocenters. The lowest BCUT2D eigenvalue weighted by Crippen LogP contribution is -2.15. The van der Waals surface area contributed by atoms with Crippen LogP contribution in [0.25, 0.3) is 0 Å². The zero-order chi connectivity index (χ0) is 15.8. The number of hydrogen-bond donors (Lipinski definition) is 1. The molecule has 5 nitrogen and oxygen atoms in total. The molecule has 0 aliphatic carbocycles. The molecule has 2 aromatic rings. The first kappa shape index (κ1) is 15.9. The van der Waals surface area contributed by atoms with Gasteiger partial charge in [0.25, 0.3) is 0 Å². The Labute approximate surface area is 128 Å². The Hall–Kier alpha value is -1.44. The van der Waals surface area contributed by atoms with E-state index in [1.54, 1.807) is 6.92 Å². The average molecular weight is 326 g/mol. The van der Waals surface area contributed by atoms with E-state index >= 15 is 0 Å². The highest BCUT2D eigenvalue weighted by Crippen LogP contribution is 2.30. The van der Waals surface area contributed by atoms with Crippen LogP contribution in [0.15, 0.2) is 17.0 Å². The minimum absolute atomic E-state index is 0.0185. The number of benzene rings is 1. The molecule has 0 aliphatic heterocycles. The number of nitrogens with two attached hydrogens (primary N) is 1. The third kappa shape index (κ3) is 3.61. The summed E-state index contributed by atoms with van der Waals surface area (Å²) in [7, 11) is -3.83. The second-order valence-electron chi connectivity index (χ2n) is 4.99. The fourth-order valence-corrected chi connectivity index (χ4v) is 3.72. The van der Waals surface area contributed by atoms with Gasteiger partial charge in [-0.1, -0.05) is 6.07 Å². The van der Waals surface area contributed by atoms with Crippen molar-refractivity contribution in [2.45, 2.75) is 39.2 Å². The minimum Gasteiger partial charge on any atom is -0.485 e. The van der Waals surface area contributed by atoms with Crippen molar-refractivity contribution in [3.05, 3.63) is 38.8 Å². The maximum atomic E-state index is 11.7. The predicted molar refractivity (Wildman–Crippen MR) is 83.2 cm³/mol. The molecule has 0 spiro atoms. The number of nitrogens with zero attached hydrogens (tertiary/aromatic N) is 1. The lowest BCUT2D eigenvalue weighted by molar-refractivity contribution is 0.295. The van der Waals surface area contributed by atoms with Crippen molar-refractivity contribution < 1.29 is 13.2 Å². The largest absolute Gasteiger partial charge is 0.485 e. The van der Waals surface area contributed by atoms with E-state index in [2.05, 4.69) is 4.98 Å². The van der Waals surface area contributed by atoms with Crippen LogP contribution in [-0.4, -0.2) is 13.4 Å². The number of aryl methyl sites for hydroxylation is 4. The van der Waals surface area contributed by atoms with Crippen molar-refractivity contribution in [2.24, 2.45) is 5.14 Å². The summed E-state index contributed by atoms with van der Waals surface area (Å²) >= 11 is 1.54. The van der Waals surface area contributed by atoms with Gasteiger partial charge in [0, 0.05) is 4.88 Å². The van der Waals surface area contributed by atoms with Crippen LogP contribution >= 0.6 is 11.3 Å². The Morgan fingerprint density at radius 2 is 1.90 bits per heavy atom. The van der Waals surface area contributed by atoms with Crippen LogP contribution in [0.3, 0.4) is 0 Å². The maximum absolute atomic E-state index is 11.7. The molecule has 0 radical (unpaired) electrons. The summed E-state index contributed by atoms with van der Waals surface area (Å²) < 4.78 is 29.1. The Kier molecular flexibility index (Phi) is 4.36. The highest BCUT2D eigenvalue weighted by Gasteiger charge is 2.18. The minimum atomic E-state index is -3.83. The molecule has 0 amide bonds. The Balaban J connectivity index is 2.35. The van der Waals surface area contributed by atoms with Gasteiger partial charge in [0.15, 0.2) is 0 Å².